The minimum absolute atomic E-state index is 0.0292. The van der Waals surface area contributed by atoms with Gasteiger partial charge in [-0.15, -0.1) is 0 Å². The number of hydrogen-bond donors (Lipinski definition) is 2. The van der Waals surface area contributed by atoms with Crippen LogP contribution in [-0.2, 0) is 11.3 Å². The summed E-state index contributed by atoms with van der Waals surface area (Å²) in [6, 6.07) is 17.4. The summed E-state index contributed by atoms with van der Waals surface area (Å²) in [6.45, 7) is 5.08. The molecule has 0 fully saturated rings. The molecular weight excluding hydrogens is 312 g/mol. The maximum atomic E-state index is 12.4. The largest absolute Gasteiger partial charge is 0.354 e. The number of aromatic nitrogens is 2. The van der Waals surface area contributed by atoms with E-state index in [4.69, 9.17) is 5.73 Å². The first-order chi connectivity index (χ1) is 12.1. The van der Waals surface area contributed by atoms with Crippen molar-refractivity contribution in [3.63, 3.8) is 0 Å². The van der Waals surface area contributed by atoms with E-state index in [1.54, 1.807) is 0 Å². The molecule has 1 amide bonds. The highest BCUT2D eigenvalue weighted by molar-refractivity contribution is 5.79. The van der Waals surface area contributed by atoms with Crippen LogP contribution in [0.1, 0.15) is 24.4 Å². The van der Waals surface area contributed by atoms with Crippen molar-refractivity contribution < 1.29 is 4.79 Å². The van der Waals surface area contributed by atoms with Gasteiger partial charge < -0.3 is 15.6 Å². The number of fused-ring (bicyclic) bond motifs is 1. The van der Waals surface area contributed by atoms with Gasteiger partial charge in [-0.2, -0.15) is 0 Å². The Kier molecular flexibility index (Phi) is 5.14. The van der Waals surface area contributed by atoms with E-state index in [2.05, 4.69) is 14.9 Å². The Morgan fingerprint density at radius 1 is 1.16 bits per heavy atom. The molecule has 5 heteroatoms. The normalized spacial score (nSPS) is 13.6. The molecular formula is C20H24N4O. The third kappa shape index (κ3) is 3.72. The second-order valence-corrected chi connectivity index (χ2v) is 6.32. The van der Waals surface area contributed by atoms with Crippen molar-refractivity contribution in [2.24, 2.45) is 11.7 Å². The fourth-order valence-electron chi connectivity index (χ4n) is 3.06. The van der Waals surface area contributed by atoms with E-state index < -0.39 is 0 Å². The number of carbonyl (C=O) groups is 1. The Morgan fingerprint density at radius 2 is 1.84 bits per heavy atom. The van der Waals surface area contributed by atoms with Crippen molar-refractivity contribution in [2.75, 3.05) is 6.54 Å². The number of aryl methyl sites for hydroxylation is 1. The van der Waals surface area contributed by atoms with Crippen LogP contribution in [0, 0.1) is 12.8 Å². The average molecular weight is 336 g/mol. The molecule has 3 N–H and O–H groups in total. The van der Waals surface area contributed by atoms with Gasteiger partial charge in [0.2, 0.25) is 5.91 Å². The molecule has 25 heavy (non-hydrogen) atoms. The van der Waals surface area contributed by atoms with Crippen LogP contribution >= 0.6 is 0 Å². The third-order valence-electron chi connectivity index (χ3n) is 4.62. The van der Waals surface area contributed by atoms with Crippen LogP contribution in [0.3, 0.4) is 0 Å². The lowest BCUT2D eigenvalue weighted by atomic mass is 9.95. The van der Waals surface area contributed by atoms with Gasteiger partial charge >= 0.3 is 0 Å². The van der Waals surface area contributed by atoms with Crippen molar-refractivity contribution in [2.45, 2.75) is 26.4 Å². The first-order valence-electron chi connectivity index (χ1n) is 8.58. The van der Waals surface area contributed by atoms with Gasteiger partial charge in [-0.1, -0.05) is 49.4 Å². The van der Waals surface area contributed by atoms with E-state index in [1.807, 2.05) is 68.4 Å². The zero-order valence-corrected chi connectivity index (χ0v) is 14.6. The zero-order valence-electron chi connectivity index (χ0n) is 14.6. The molecule has 0 aliphatic rings. The lowest BCUT2D eigenvalue weighted by molar-refractivity contribution is -0.125. The lowest BCUT2D eigenvalue weighted by Gasteiger charge is -2.20. The maximum Gasteiger partial charge on any atom is 0.224 e. The molecule has 2 atom stereocenters. The highest BCUT2D eigenvalue weighted by Gasteiger charge is 2.21. The predicted molar refractivity (Wildman–Crippen MR) is 100 cm³/mol. The molecule has 0 radical (unpaired) electrons. The summed E-state index contributed by atoms with van der Waals surface area (Å²) in [5.74, 6) is 0.630. The fraction of sp³-hybridized carbons (Fsp3) is 0.300. The second-order valence-electron chi connectivity index (χ2n) is 6.32. The maximum absolute atomic E-state index is 12.4. The van der Waals surface area contributed by atoms with Crippen molar-refractivity contribution in [3.05, 3.63) is 66.0 Å². The van der Waals surface area contributed by atoms with Gasteiger partial charge in [0.15, 0.2) is 0 Å². The predicted octanol–water partition coefficient (Wildman–Crippen LogP) is 2.80. The Labute approximate surface area is 147 Å². The molecule has 0 aliphatic heterocycles. The molecule has 0 saturated carbocycles. The van der Waals surface area contributed by atoms with Crippen LogP contribution in [0.5, 0.6) is 0 Å². The minimum atomic E-state index is -0.308. The van der Waals surface area contributed by atoms with Crippen LogP contribution < -0.4 is 11.1 Å². The molecule has 0 spiro atoms. The summed E-state index contributed by atoms with van der Waals surface area (Å²) < 4.78 is 2.12. The van der Waals surface area contributed by atoms with Crippen molar-refractivity contribution in [1.29, 1.82) is 0 Å². The van der Waals surface area contributed by atoms with Crippen LogP contribution in [0.25, 0.3) is 11.0 Å². The SMILES string of the molecule is Cc1nc2ccccc2n1CCNC(=O)C(C)C(N)c1ccccc1. The van der Waals surface area contributed by atoms with Crippen LogP contribution in [-0.4, -0.2) is 22.0 Å². The van der Waals surface area contributed by atoms with Gasteiger partial charge in [-0.25, -0.2) is 4.98 Å². The van der Waals surface area contributed by atoms with Crippen LogP contribution in [0.2, 0.25) is 0 Å². The molecule has 0 aliphatic carbocycles. The average Bonchev–Trinajstić information content (AvgIpc) is 2.96. The standard InChI is InChI=1S/C20H24N4O/c1-14(19(21)16-8-4-3-5-9-16)20(25)22-12-13-24-15(2)23-17-10-6-7-11-18(17)24/h3-11,14,19H,12-13,21H2,1-2H3,(H,22,25). The number of para-hydroxylation sites is 2. The monoisotopic (exact) mass is 336 g/mol. The number of nitrogens with one attached hydrogen (secondary N) is 1. The first-order valence-corrected chi connectivity index (χ1v) is 8.58. The van der Waals surface area contributed by atoms with Crippen molar-refractivity contribution >= 4 is 16.9 Å². The number of rotatable bonds is 6. The summed E-state index contributed by atoms with van der Waals surface area (Å²) >= 11 is 0. The highest BCUT2D eigenvalue weighted by atomic mass is 16.1. The van der Waals surface area contributed by atoms with E-state index >= 15 is 0 Å². The summed E-state index contributed by atoms with van der Waals surface area (Å²) in [6.07, 6.45) is 0. The number of nitrogens with two attached hydrogens (primary N) is 1. The minimum Gasteiger partial charge on any atom is -0.354 e. The zero-order chi connectivity index (χ0) is 17.8. The number of amides is 1. The van der Waals surface area contributed by atoms with Crippen molar-refractivity contribution in [1.82, 2.24) is 14.9 Å². The van der Waals surface area contributed by atoms with Crippen LogP contribution in [0.15, 0.2) is 54.6 Å². The summed E-state index contributed by atoms with van der Waals surface area (Å²) in [4.78, 5) is 17.0. The Morgan fingerprint density at radius 3 is 2.60 bits per heavy atom. The number of nitrogens with zero attached hydrogens (tertiary/aromatic N) is 2. The fourth-order valence-corrected chi connectivity index (χ4v) is 3.06. The molecule has 0 bridgehead atoms. The highest BCUT2D eigenvalue weighted by Crippen LogP contribution is 2.19. The van der Waals surface area contributed by atoms with E-state index in [1.165, 1.54) is 0 Å². The third-order valence-corrected chi connectivity index (χ3v) is 4.62. The van der Waals surface area contributed by atoms with Gasteiger partial charge in [0.25, 0.3) is 0 Å². The summed E-state index contributed by atoms with van der Waals surface area (Å²) in [5, 5.41) is 3.00. The molecule has 1 heterocycles. The van der Waals surface area contributed by atoms with Gasteiger partial charge in [0.1, 0.15) is 5.82 Å². The molecule has 2 unspecified atom stereocenters. The first kappa shape index (κ1) is 17.2. The number of imidazole rings is 1. The van der Waals surface area contributed by atoms with E-state index in [-0.39, 0.29) is 17.9 Å². The molecule has 2 aromatic carbocycles. The molecule has 3 aromatic rings. The molecule has 3 rings (SSSR count). The van der Waals surface area contributed by atoms with E-state index in [9.17, 15) is 4.79 Å². The van der Waals surface area contributed by atoms with Crippen LogP contribution in [0.4, 0.5) is 0 Å². The van der Waals surface area contributed by atoms with Crippen molar-refractivity contribution in [3.8, 4) is 0 Å². The summed E-state index contributed by atoms with van der Waals surface area (Å²) in [5.41, 5.74) is 9.27. The smallest absolute Gasteiger partial charge is 0.224 e. The topological polar surface area (TPSA) is 72.9 Å². The van der Waals surface area contributed by atoms with E-state index in [0.717, 1.165) is 22.4 Å². The Balaban J connectivity index is 1.59. The lowest BCUT2D eigenvalue weighted by Crippen LogP contribution is -2.37. The number of carbonyl (C=O) groups excluding carboxylic acids is 1. The second kappa shape index (κ2) is 7.49. The van der Waals surface area contributed by atoms with E-state index in [0.29, 0.717) is 13.1 Å². The quantitative estimate of drug-likeness (QED) is 0.727. The molecule has 0 saturated heterocycles. The van der Waals surface area contributed by atoms with Gasteiger partial charge in [-0.05, 0) is 24.6 Å². The molecule has 5 nitrogen and oxygen atoms in total. The van der Waals surface area contributed by atoms with Gasteiger partial charge in [0, 0.05) is 19.1 Å². The number of hydrogen-bond acceptors (Lipinski definition) is 3. The summed E-state index contributed by atoms with van der Waals surface area (Å²) in [7, 11) is 0. The number of benzene rings is 2. The Hall–Kier alpha value is -2.66. The Bertz CT molecular complexity index is 857. The van der Waals surface area contributed by atoms with Gasteiger partial charge in [0.05, 0.1) is 17.0 Å². The molecule has 1 aromatic heterocycles. The van der Waals surface area contributed by atoms with Gasteiger partial charge in [-0.3, -0.25) is 4.79 Å². The molecule has 130 valence electrons.